The molecule has 1 fully saturated rings. The van der Waals surface area contributed by atoms with E-state index >= 15 is 0 Å². The van der Waals surface area contributed by atoms with Crippen molar-refractivity contribution in [2.45, 2.75) is 13.0 Å². The SMILES string of the molecule is Cc1ccc(NC(=O)C(=O)NC[C@@H](c2ccoc2)N2CCSCC2)cc1Cl. The molecular weight excluding hydrogens is 386 g/mol. The second kappa shape index (κ2) is 9.30. The average molecular weight is 408 g/mol. The van der Waals surface area contributed by atoms with Gasteiger partial charge in [0.15, 0.2) is 0 Å². The number of aryl methyl sites for hydroxylation is 1. The van der Waals surface area contributed by atoms with Gasteiger partial charge in [0.2, 0.25) is 0 Å². The van der Waals surface area contributed by atoms with E-state index < -0.39 is 11.8 Å². The lowest BCUT2D eigenvalue weighted by Crippen LogP contribution is -2.44. The lowest BCUT2D eigenvalue weighted by Gasteiger charge is -2.33. The van der Waals surface area contributed by atoms with Crippen LogP contribution in [0.3, 0.4) is 0 Å². The van der Waals surface area contributed by atoms with Crippen LogP contribution >= 0.6 is 23.4 Å². The fourth-order valence-electron chi connectivity index (χ4n) is 2.94. The molecule has 2 N–H and O–H groups in total. The quantitative estimate of drug-likeness (QED) is 0.745. The Kier molecular flexibility index (Phi) is 6.82. The van der Waals surface area contributed by atoms with E-state index in [0.717, 1.165) is 35.7 Å². The molecule has 2 amide bonds. The van der Waals surface area contributed by atoms with E-state index in [1.807, 2.05) is 24.8 Å². The predicted molar refractivity (Wildman–Crippen MR) is 108 cm³/mol. The van der Waals surface area contributed by atoms with Crippen LogP contribution < -0.4 is 10.6 Å². The highest BCUT2D eigenvalue weighted by Crippen LogP contribution is 2.24. The molecule has 1 aromatic carbocycles. The van der Waals surface area contributed by atoms with E-state index in [0.29, 0.717) is 17.3 Å². The topological polar surface area (TPSA) is 74.6 Å². The Morgan fingerprint density at radius 1 is 1.26 bits per heavy atom. The van der Waals surface area contributed by atoms with Crippen LogP contribution in [-0.2, 0) is 9.59 Å². The molecule has 6 nitrogen and oxygen atoms in total. The zero-order chi connectivity index (χ0) is 19.2. The van der Waals surface area contributed by atoms with Gasteiger partial charge in [-0.15, -0.1) is 0 Å². The minimum atomic E-state index is -0.713. The van der Waals surface area contributed by atoms with Gasteiger partial charge >= 0.3 is 11.8 Å². The number of nitrogens with zero attached hydrogens (tertiary/aromatic N) is 1. The van der Waals surface area contributed by atoms with E-state index in [4.69, 9.17) is 16.0 Å². The second-order valence-electron chi connectivity index (χ2n) is 6.35. The van der Waals surface area contributed by atoms with Crippen LogP contribution in [0.4, 0.5) is 5.69 Å². The average Bonchev–Trinajstić information content (AvgIpc) is 3.20. The smallest absolute Gasteiger partial charge is 0.313 e. The van der Waals surface area contributed by atoms with Crippen LogP contribution in [0.15, 0.2) is 41.2 Å². The molecule has 0 unspecified atom stereocenters. The number of rotatable bonds is 5. The molecule has 8 heteroatoms. The molecule has 1 atom stereocenters. The van der Waals surface area contributed by atoms with Crippen molar-refractivity contribution in [2.75, 3.05) is 36.5 Å². The van der Waals surface area contributed by atoms with E-state index in [1.165, 1.54) is 0 Å². The van der Waals surface area contributed by atoms with Crippen molar-refractivity contribution >= 4 is 40.9 Å². The van der Waals surface area contributed by atoms with Crippen LogP contribution in [0.5, 0.6) is 0 Å². The molecule has 2 heterocycles. The minimum absolute atomic E-state index is 0.0183. The van der Waals surface area contributed by atoms with E-state index in [1.54, 1.807) is 30.7 Å². The summed E-state index contributed by atoms with van der Waals surface area (Å²) >= 11 is 7.97. The zero-order valence-electron chi connectivity index (χ0n) is 15.0. The summed E-state index contributed by atoms with van der Waals surface area (Å²) in [7, 11) is 0. The summed E-state index contributed by atoms with van der Waals surface area (Å²) in [4.78, 5) is 26.7. The number of anilines is 1. The summed E-state index contributed by atoms with van der Waals surface area (Å²) in [6, 6.07) is 7.01. The maximum absolute atomic E-state index is 12.3. The zero-order valence-corrected chi connectivity index (χ0v) is 16.6. The maximum atomic E-state index is 12.3. The Hall–Kier alpha value is -1.96. The Balaban J connectivity index is 1.59. The van der Waals surface area contributed by atoms with Gasteiger partial charge in [-0.05, 0) is 30.7 Å². The minimum Gasteiger partial charge on any atom is -0.472 e. The Bertz CT molecular complexity index is 792. The Morgan fingerprint density at radius 3 is 2.70 bits per heavy atom. The highest BCUT2D eigenvalue weighted by molar-refractivity contribution is 7.99. The monoisotopic (exact) mass is 407 g/mol. The number of carbonyl (C=O) groups is 2. The molecule has 1 aliphatic rings. The fraction of sp³-hybridized carbons (Fsp3) is 0.368. The lowest BCUT2D eigenvalue weighted by atomic mass is 10.1. The van der Waals surface area contributed by atoms with Crippen molar-refractivity contribution in [2.24, 2.45) is 0 Å². The summed E-state index contributed by atoms with van der Waals surface area (Å²) < 4.78 is 5.20. The van der Waals surface area contributed by atoms with Crippen molar-refractivity contribution in [3.63, 3.8) is 0 Å². The Morgan fingerprint density at radius 2 is 2.04 bits per heavy atom. The van der Waals surface area contributed by atoms with Gasteiger partial charge in [0.1, 0.15) is 0 Å². The van der Waals surface area contributed by atoms with Crippen LogP contribution in [0.25, 0.3) is 0 Å². The molecule has 144 valence electrons. The third kappa shape index (κ3) is 5.28. The second-order valence-corrected chi connectivity index (χ2v) is 7.98. The lowest BCUT2D eigenvalue weighted by molar-refractivity contribution is -0.136. The first kappa shape index (κ1) is 19.8. The molecule has 0 bridgehead atoms. The summed E-state index contributed by atoms with van der Waals surface area (Å²) in [5, 5.41) is 5.86. The number of hydrogen-bond acceptors (Lipinski definition) is 5. The molecule has 1 saturated heterocycles. The highest BCUT2D eigenvalue weighted by Gasteiger charge is 2.25. The molecule has 0 radical (unpaired) electrons. The summed E-state index contributed by atoms with van der Waals surface area (Å²) in [5.74, 6) is 0.718. The van der Waals surface area contributed by atoms with E-state index in [9.17, 15) is 9.59 Å². The molecule has 1 aliphatic heterocycles. The van der Waals surface area contributed by atoms with Gasteiger partial charge < -0.3 is 15.1 Å². The number of furan rings is 1. The van der Waals surface area contributed by atoms with Crippen molar-refractivity contribution in [3.8, 4) is 0 Å². The molecular formula is C19H22ClN3O3S. The van der Waals surface area contributed by atoms with Crippen LogP contribution in [0.1, 0.15) is 17.2 Å². The standard InChI is InChI=1S/C19H22ClN3O3S/c1-13-2-3-15(10-16(13)20)22-19(25)18(24)21-11-17(14-4-7-26-12-14)23-5-8-27-9-6-23/h2-4,7,10,12,17H,5-6,8-9,11H2,1H3,(H,21,24)(H,22,25)/t17-/m0/s1. The van der Waals surface area contributed by atoms with Gasteiger partial charge in [-0.3, -0.25) is 14.5 Å². The Labute approximate surface area is 167 Å². The third-order valence-electron chi connectivity index (χ3n) is 4.51. The van der Waals surface area contributed by atoms with Crippen molar-refractivity contribution in [3.05, 3.63) is 52.9 Å². The number of nitrogens with one attached hydrogen (secondary N) is 2. The molecule has 0 saturated carbocycles. The summed E-state index contributed by atoms with van der Waals surface area (Å²) in [6.07, 6.45) is 3.31. The third-order valence-corrected chi connectivity index (χ3v) is 5.86. The molecule has 27 heavy (non-hydrogen) atoms. The van der Waals surface area contributed by atoms with Gasteiger partial charge in [0, 0.05) is 47.4 Å². The van der Waals surface area contributed by atoms with Gasteiger partial charge in [0.25, 0.3) is 0 Å². The van der Waals surface area contributed by atoms with E-state index in [2.05, 4.69) is 15.5 Å². The first-order valence-electron chi connectivity index (χ1n) is 8.74. The first-order chi connectivity index (χ1) is 13.0. The van der Waals surface area contributed by atoms with Crippen molar-refractivity contribution < 1.29 is 14.0 Å². The first-order valence-corrected chi connectivity index (χ1v) is 10.3. The maximum Gasteiger partial charge on any atom is 0.313 e. The highest BCUT2D eigenvalue weighted by atomic mass is 35.5. The van der Waals surface area contributed by atoms with Gasteiger partial charge in [-0.25, -0.2) is 0 Å². The van der Waals surface area contributed by atoms with Gasteiger partial charge in [0.05, 0.1) is 18.6 Å². The number of halogens is 1. The van der Waals surface area contributed by atoms with Crippen molar-refractivity contribution in [1.82, 2.24) is 10.2 Å². The summed E-state index contributed by atoms with van der Waals surface area (Å²) in [5.41, 5.74) is 2.39. The predicted octanol–water partition coefficient (Wildman–Crippen LogP) is 3.09. The summed E-state index contributed by atoms with van der Waals surface area (Å²) in [6.45, 7) is 4.08. The molecule has 2 aromatic rings. The number of hydrogen-bond donors (Lipinski definition) is 2. The number of carbonyl (C=O) groups excluding carboxylic acids is 2. The number of thioether (sulfide) groups is 1. The van der Waals surface area contributed by atoms with E-state index in [-0.39, 0.29) is 6.04 Å². The molecule has 3 rings (SSSR count). The van der Waals surface area contributed by atoms with Gasteiger partial charge in [-0.2, -0.15) is 11.8 Å². The number of amides is 2. The van der Waals surface area contributed by atoms with Crippen molar-refractivity contribution in [1.29, 1.82) is 0 Å². The van der Waals surface area contributed by atoms with Crippen LogP contribution in [0, 0.1) is 6.92 Å². The van der Waals surface area contributed by atoms with Crippen LogP contribution in [0.2, 0.25) is 5.02 Å². The largest absolute Gasteiger partial charge is 0.472 e. The molecule has 1 aromatic heterocycles. The van der Waals surface area contributed by atoms with Gasteiger partial charge in [-0.1, -0.05) is 17.7 Å². The fourth-order valence-corrected chi connectivity index (χ4v) is 4.05. The molecule has 0 aliphatic carbocycles. The normalized spacial score (nSPS) is 15.9. The van der Waals surface area contributed by atoms with Crippen LogP contribution in [-0.4, -0.2) is 47.9 Å². The number of benzene rings is 1. The molecule has 0 spiro atoms.